The number of morpholine rings is 2. The van der Waals surface area contributed by atoms with E-state index in [4.69, 9.17) is 9.47 Å². The van der Waals surface area contributed by atoms with Crippen LogP contribution in [0.15, 0.2) is 0 Å². The van der Waals surface area contributed by atoms with Crippen molar-refractivity contribution in [3.63, 3.8) is 0 Å². The second-order valence-electron chi connectivity index (χ2n) is 4.92. The third-order valence-electron chi connectivity index (χ3n) is 3.11. The lowest BCUT2D eigenvalue weighted by atomic mass is 10.0. The number of carbonyl (C=O) groups excluding carboxylic acids is 1. The van der Waals surface area contributed by atoms with Crippen LogP contribution in [0.3, 0.4) is 0 Å². The fourth-order valence-corrected chi connectivity index (χ4v) is 2.16. The Balaban J connectivity index is 2.01. The second-order valence-corrected chi connectivity index (χ2v) is 4.92. The SMILES string of the molecule is CC1(C)COCCN1C(=O)C1CNCCO1. The van der Waals surface area contributed by atoms with Gasteiger partial charge in [-0.25, -0.2) is 0 Å². The molecule has 5 nitrogen and oxygen atoms in total. The van der Waals surface area contributed by atoms with E-state index in [1.165, 1.54) is 0 Å². The highest BCUT2D eigenvalue weighted by molar-refractivity contribution is 5.82. The van der Waals surface area contributed by atoms with E-state index >= 15 is 0 Å². The fraction of sp³-hybridized carbons (Fsp3) is 0.909. The van der Waals surface area contributed by atoms with Crippen molar-refractivity contribution >= 4 is 5.91 Å². The average molecular weight is 228 g/mol. The molecular weight excluding hydrogens is 208 g/mol. The number of nitrogens with one attached hydrogen (secondary N) is 1. The maximum Gasteiger partial charge on any atom is 0.253 e. The van der Waals surface area contributed by atoms with Crippen molar-refractivity contribution in [1.29, 1.82) is 0 Å². The van der Waals surface area contributed by atoms with E-state index < -0.39 is 0 Å². The number of rotatable bonds is 1. The summed E-state index contributed by atoms with van der Waals surface area (Å²) in [5.74, 6) is 0.0838. The Bertz CT molecular complexity index is 262. The first-order chi connectivity index (χ1) is 7.61. The Hall–Kier alpha value is -0.650. The molecule has 2 aliphatic heterocycles. The monoisotopic (exact) mass is 228 g/mol. The third-order valence-corrected chi connectivity index (χ3v) is 3.11. The van der Waals surface area contributed by atoms with E-state index in [0.29, 0.717) is 32.9 Å². The molecule has 0 aromatic carbocycles. The first-order valence-corrected chi connectivity index (χ1v) is 5.83. The summed E-state index contributed by atoms with van der Waals surface area (Å²) in [6.45, 7) is 7.99. The van der Waals surface area contributed by atoms with Crippen LogP contribution in [0.25, 0.3) is 0 Å². The van der Waals surface area contributed by atoms with E-state index in [1.807, 2.05) is 18.7 Å². The number of ether oxygens (including phenoxy) is 2. The standard InChI is InChI=1S/C11H20N2O3/c1-11(2)8-15-6-4-13(11)10(14)9-7-12-3-5-16-9/h9,12H,3-8H2,1-2H3. The lowest BCUT2D eigenvalue weighted by Crippen LogP contribution is -2.60. The number of hydrogen-bond acceptors (Lipinski definition) is 4. The van der Waals surface area contributed by atoms with Gasteiger partial charge in [-0.05, 0) is 13.8 Å². The maximum absolute atomic E-state index is 12.3. The summed E-state index contributed by atoms with van der Waals surface area (Å²) in [6, 6.07) is 0. The zero-order valence-electron chi connectivity index (χ0n) is 9.99. The van der Waals surface area contributed by atoms with Gasteiger partial charge in [-0.1, -0.05) is 0 Å². The molecule has 2 fully saturated rings. The van der Waals surface area contributed by atoms with Gasteiger partial charge in [0.2, 0.25) is 0 Å². The minimum absolute atomic E-state index is 0.0838. The molecule has 0 spiro atoms. The minimum Gasteiger partial charge on any atom is -0.377 e. The van der Waals surface area contributed by atoms with Gasteiger partial charge in [-0.15, -0.1) is 0 Å². The molecule has 0 aromatic rings. The summed E-state index contributed by atoms with van der Waals surface area (Å²) in [7, 11) is 0. The van der Waals surface area contributed by atoms with E-state index in [1.54, 1.807) is 0 Å². The molecule has 0 bridgehead atoms. The van der Waals surface area contributed by atoms with Crippen molar-refractivity contribution in [3.05, 3.63) is 0 Å². The first kappa shape index (κ1) is 11.8. The van der Waals surface area contributed by atoms with Gasteiger partial charge in [0.1, 0.15) is 6.10 Å². The van der Waals surface area contributed by atoms with Crippen LogP contribution < -0.4 is 5.32 Å². The fourth-order valence-electron chi connectivity index (χ4n) is 2.16. The molecule has 2 saturated heterocycles. The zero-order valence-corrected chi connectivity index (χ0v) is 9.99. The van der Waals surface area contributed by atoms with Crippen LogP contribution in [-0.2, 0) is 14.3 Å². The van der Waals surface area contributed by atoms with Gasteiger partial charge in [0.15, 0.2) is 0 Å². The number of carbonyl (C=O) groups is 1. The lowest BCUT2D eigenvalue weighted by Gasteiger charge is -2.43. The van der Waals surface area contributed by atoms with Gasteiger partial charge < -0.3 is 19.7 Å². The molecule has 92 valence electrons. The Morgan fingerprint density at radius 1 is 1.44 bits per heavy atom. The van der Waals surface area contributed by atoms with Gasteiger partial charge in [-0.3, -0.25) is 4.79 Å². The topological polar surface area (TPSA) is 50.8 Å². The Morgan fingerprint density at radius 2 is 2.25 bits per heavy atom. The molecule has 2 heterocycles. The highest BCUT2D eigenvalue weighted by atomic mass is 16.5. The quantitative estimate of drug-likeness (QED) is 0.664. The summed E-state index contributed by atoms with van der Waals surface area (Å²) in [5.41, 5.74) is -0.226. The predicted molar refractivity (Wildman–Crippen MR) is 59.2 cm³/mol. The van der Waals surface area contributed by atoms with E-state index in [9.17, 15) is 4.79 Å². The molecule has 5 heteroatoms. The zero-order chi connectivity index (χ0) is 11.6. The molecule has 2 aliphatic rings. The third kappa shape index (κ3) is 2.36. The molecule has 1 atom stereocenters. The van der Waals surface area contributed by atoms with Crippen LogP contribution in [0.2, 0.25) is 0 Å². The molecule has 0 aromatic heterocycles. The van der Waals surface area contributed by atoms with Crippen molar-refractivity contribution in [1.82, 2.24) is 10.2 Å². The van der Waals surface area contributed by atoms with Crippen molar-refractivity contribution in [2.45, 2.75) is 25.5 Å². The van der Waals surface area contributed by atoms with Crippen LogP contribution in [0, 0.1) is 0 Å². The molecular formula is C11H20N2O3. The van der Waals surface area contributed by atoms with E-state index in [0.717, 1.165) is 6.54 Å². The lowest BCUT2D eigenvalue weighted by molar-refractivity contribution is -0.160. The summed E-state index contributed by atoms with van der Waals surface area (Å²) >= 11 is 0. The molecule has 0 radical (unpaired) electrons. The highest BCUT2D eigenvalue weighted by Crippen LogP contribution is 2.20. The number of nitrogens with zero attached hydrogens (tertiary/aromatic N) is 1. The summed E-state index contributed by atoms with van der Waals surface area (Å²) < 4.78 is 10.9. The van der Waals surface area contributed by atoms with Crippen LogP contribution in [-0.4, -0.2) is 61.9 Å². The summed E-state index contributed by atoms with van der Waals surface area (Å²) in [4.78, 5) is 14.2. The van der Waals surface area contributed by atoms with Crippen LogP contribution in [0.1, 0.15) is 13.8 Å². The van der Waals surface area contributed by atoms with Crippen molar-refractivity contribution in [2.75, 3.05) is 39.5 Å². The van der Waals surface area contributed by atoms with Crippen molar-refractivity contribution < 1.29 is 14.3 Å². The van der Waals surface area contributed by atoms with E-state index in [2.05, 4.69) is 5.32 Å². The molecule has 2 rings (SSSR count). The molecule has 1 amide bonds. The van der Waals surface area contributed by atoms with Gasteiger partial charge in [0, 0.05) is 19.6 Å². The smallest absolute Gasteiger partial charge is 0.253 e. The van der Waals surface area contributed by atoms with Gasteiger partial charge in [0.05, 0.1) is 25.4 Å². The van der Waals surface area contributed by atoms with Crippen LogP contribution in [0.5, 0.6) is 0 Å². The second kappa shape index (κ2) is 4.69. The van der Waals surface area contributed by atoms with E-state index in [-0.39, 0.29) is 17.6 Å². The van der Waals surface area contributed by atoms with Gasteiger partial charge in [-0.2, -0.15) is 0 Å². The molecule has 16 heavy (non-hydrogen) atoms. The molecule has 1 unspecified atom stereocenters. The predicted octanol–water partition coefficient (Wildman–Crippen LogP) is -0.388. The summed E-state index contributed by atoms with van der Waals surface area (Å²) in [6.07, 6.45) is -0.328. The number of hydrogen-bond donors (Lipinski definition) is 1. The Kier molecular flexibility index (Phi) is 3.47. The van der Waals surface area contributed by atoms with Crippen molar-refractivity contribution in [2.24, 2.45) is 0 Å². The molecule has 0 saturated carbocycles. The van der Waals surface area contributed by atoms with Gasteiger partial charge >= 0.3 is 0 Å². The minimum atomic E-state index is -0.328. The molecule has 1 N–H and O–H groups in total. The normalized spacial score (nSPS) is 30.1. The molecule has 0 aliphatic carbocycles. The highest BCUT2D eigenvalue weighted by Gasteiger charge is 2.38. The van der Waals surface area contributed by atoms with Gasteiger partial charge in [0.25, 0.3) is 5.91 Å². The summed E-state index contributed by atoms with van der Waals surface area (Å²) in [5, 5.41) is 3.18. The Labute approximate surface area is 96.1 Å². The van der Waals surface area contributed by atoms with Crippen molar-refractivity contribution in [3.8, 4) is 0 Å². The maximum atomic E-state index is 12.3. The number of amides is 1. The Morgan fingerprint density at radius 3 is 2.88 bits per heavy atom. The first-order valence-electron chi connectivity index (χ1n) is 5.83. The average Bonchev–Trinajstić information content (AvgIpc) is 2.29. The largest absolute Gasteiger partial charge is 0.377 e. The van der Waals surface area contributed by atoms with Crippen LogP contribution in [0.4, 0.5) is 0 Å². The van der Waals surface area contributed by atoms with Crippen LogP contribution >= 0.6 is 0 Å².